The molecule has 0 aliphatic rings. The van der Waals surface area contributed by atoms with Gasteiger partial charge in [0.2, 0.25) is 5.91 Å². The van der Waals surface area contributed by atoms with E-state index < -0.39 is 11.5 Å². The Bertz CT molecular complexity index is 1150. The number of aromatic nitrogens is 5. The van der Waals surface area contributed by atoms with E-state index in [1.807, 2.05) is 19.9 Å². The highest BCUT2D eigenvalue weighted by atomic mass is 35.5. The topological polar surface area (TPSA) is 118 Å². The number of anilines is 1. The SMILES string of the molecule is CCc1nn(CC(=O)Nc2cc(Cl)ccc2-n2cncn2)c(=O)c(C#N)c1CC. The minimum Gasteiger partial charge on any atom is -0.323 e. The summed E-state index contributed by atoms with van der Waals surface area (Å²) in [5.41, 5.74) is 1.66. The Kier molecular flexibility index (Phi) is 6.04. The van der Waals surface area contributed by atoms with Crippen LogP contribution in [0.1, 0.15) is 30.7 Å². The van der Waals surface area contributed by atoms with E-state index in [9.17, 15) is 14.9 Å². The van der Waals surface area contributed by atoms with Crippen LogP contribution in [0.3, 0.4) is 0 Å². The fraction of sp³-hybridized carbons (Fsp3) is 0.263. The summed E-state index contributed by atoms with van der Waals surface area (Å²) in [6, 6.07) is 6.88. The molecule has 1 amide bonds. The molecule has 9 nitrogen and oxygen atoms in total. The average molecular weight is 412 g/mol. The van der Waals surface area contributed by atoms with Crippen LogP contribution < -0.4 is 10.9 Å². The fourth-order valence-electron chi connectivity index (χ4n) is 3.01. The van der Waals surface area contributed by atoms with Crippen molar-refractivity contribution in [3.63, 3.8) is 0 Å². The van der Waals surface area contributed by atoms with Crippen molar-refractivity contribution < 1.29 is 4.79 Å². The molecule has 1 aromatic carbocycles. The number of benzene rings is 1. The van der Waals surface area contributed by atoms with Crippen LogP contribution in [0, 0.1) is 11.3 Å². The molecule has 0 aliphatic carbocycles. The Labute approximate surface area is 171 Å². The second kappa shape index (κ2) is 8.67. The molecule has 0 saturated heterocycles. The van der Waals surface area contributed by atoms with Gasteiger partial charge in [0.25, 0.3) is 5.56 Å². The van der Waals surface area contributed by atoms with E-state index in [0.717, 1.165) is 4.68 Å². The summed E-state index contributed by atoms with van der Waals surface area (Å²) in [6.45, 7) is 3.40. The summed E-state index contributed by atoms with van der Waals surface area (Å²) < 4.78 is 2.50. The van der Waals surface area contributed by atoms with Gasteiger partial charge in [0.15, 0.2) is 0 Å². The van der Waals surface area contributed by atoms with Gasteiger partial charge in [-0.3, -0.25) is 9.59 Å². The number of carbonyl (C=O) groups excluding carboxylic acids is 1. The lowest BCUT2D eigenvalue weighted by atomic mass is 10.0. The van der Waals surface area contributed by atoms with Crippen molar-refractivity contribution in [2.24, 2.45) is 0 Å². The summed E-state index contributed by atoms with van der Waals surface area (Å²) >= 11 is 6.06. The maximum Gasteiger partial charge on any atom is 0.285 e. The van der Waals surface area contributed by atoms with Crippen LogP contribution in [0.2, 0.25) is 5.02 Å². The summed E-state index contributed by atoms with van der Waals surface area (Å²) in [4.78, 5) is 29.1. The third-order valence-corrected chi connectivity index (χ3v) is 4.57. The highest BCUT2D eigenvalue weighted by Crippen LogP contribution is 2.24. The quantitative estimate of drug-likeness (QED) is 0.663. The zero-order valence-electron chi connectivity index (χ0n) is 15.9. The number of nitriles is 1. The van der Waals surface area contributed by atoms with Gasteiger partial charge in [-0.1, -0.05) is 25.4 Å². The zero-order valence-corrected chi connectivity index (χ0v) is 16.6. The minimum atomic E-state index is -0.584. The minimum absolute atomic E-state index is 0.0261. The molecule has 29 heavy (non-hydrogen) atoms. The van der Waals surface area contributed by atoms with Crippen LogP contribution in [0.4, 0.5) is 5.69 Å². The third-order valence-electron chi connectivity index (χ3n) is 4.33. The first kappa shape index (κ1) is 20.2. The van der Waals surface area contributed by atoms with E-state index in [1.165, 1.54) is 17.3 Å². The molecular formula is C19H18ClN7O2. The second-order valence-electron chi connectivity index (χ2n) is 6.13. The predicted molar refractivity (Wildman–Crippen MR) is 107 cm³/mol. The molecule has 2 heterocycles. The maximum absolute atomic E-state index is 12.6. The lowest BCUT2D eigenvalue weighted by Crippen LogP contribution is -2.33. The van der Waals surface area contributed by atoms with Gasteiger partial charge in [-0.25, -0.2) is 14.3 Å². The number of nitrogens with zero attached hydrogens (tertiary/aromatic N) is 6. The molecule has 10 heteroatoms. The summed E-state index contributed by atoms with van der Waals surface area (Å²) in [7, 11) is 0. The molecule has 0 unspecified atom stereocenters. The van der Waals surface area contributed by atoms with Crippen LogP contribution in [-0.4, -0.2) is 30.5 Å². The van der Waals surface area contributed by atoms with Gasteiger partial charge in [-0.05, 0) is 36.6 Å². The molecule has 0 saturated carbocycles. The highest BCUT2D eigenvalue weighted by Gasteiger charge is 2.17. The number of aryl methyl sites for hydroxylation is 1. The normalized spacial score (nSPS) is 10.6. The van der Waals surface area contributed by atoms with E-state index in [4.69, 9.17) is 11.6 Å². The smallest absolute Gasteiger partial charge is 0.285 e. The molecule has 3 rings (SSSR count). The maximum atomic E-state index is 12.6. The summed E-state index contributed by atoms with van der Waals surface area (Å²) in [6.07, 6.45) is 3.92. The van der Waals surface area contributed by atoms with Gasteiger partial charge >= 0.3 is 0 Å². The average Bonchev–Trinajstić information content (AvgIpc) is 3.23. The first-order valence-electron chi connectivity index (χ1n) is 8.95. The van der Waals surface area contributed by atoms with Crippen molar-refractivity contribution in [1.82, 2.24) is 24.5 Å². The first-order valence-corrected chi connectivity index (χ1v) is 9.33. The molecule has 0 atom stereocenters. The van der Waals surface area contributed by atoms with Gasteiger partial charge in [-0.2, -0.15) is 15.5 Å². The molecule has 0 aliphatic heterocycles. The zero-order chi connectivity index (χ0) is 21.0. The fourth-order valence-corrected chi connectivity index (χ4v) is 3.18. The van der Waals surface area contributed by atoms with Crippen LogP contribution in [0.25, 0.3) is 5.69 Å². The van der Waals surface area contributed by atoms with Crippen molar-refractivity contribution in [3.8, 4) is 11.8 Å². The standard InChI is InChI=1S/C19H18ClN7O2/c1-3-13-14(8-21)19(29)26(25-15(13)4-2)9-18(28)24-16-7-12(20)5-6-17(16)27-11-22-10-23-27/h5-7,10-11H,3-4,9H2,1-2H3,(H,24,28). The Morgan fingerprint density at radius 1 is 1.31 bits per heavy atom. The molecule has 0 spiro atoms. The Hall–Kier alpha value is -3.51. The van der Waals surface area contributed by atoms with Gasteiger partial charge in [-0.15, -0.1) is 0 Å². The molecule has 1 N–H and O–H groups in total. The van der Waals surface area contributed by atoms with E-state index in [0.29, 0.717) is 40.5 Å². The lowest BCUT2D eigenvalue weighted by molar-refractivity contribution is -0.117. The van der Waals surface area contributed by atoms with Gasteiger partial charge in [0.1, 0.15) is 30.8 Å². The molecule has 3 aromatic rings. The van der Waals surface area contributed by atoms with Gasteiger partial charge < -0.3 is 5.32 Å². The van der Waals surface area contributed by atoms with Crippen LogP contribution >= 0.6 is 11.6 Å². The number of halogens is 1. The summed E-state index contributed by atoms with van der Waals surface area (Å²) in [5, 5.41) is 20.9. The van der Waals surface area contributed by atoms with E-state index >= 15 is 0 Å². The number of hydrogen-bond donors (Lipinski definition) is 1. The molecule has 0 radical (unpaired) electrons. The number of amides is 1. The van der Waals surface area contributed by atoms with Gasteiger partial charge in [0.05, 0.1) is 17.1 Å². The predicted octanol–water partition coefficient (Wildman–Crippen LogP) is 2.11. The molecule has 0 fully saturated rings. The number of carbonyl (C=O) groups is 1. The second-order valence-corrected chi connectivity index (χ2v) is 6.57. The molecule has 148 valence electrons. The lowest BCUT2D eigenvalue weighted by Gasteiger charge is -2.14. The summed E-state index contributed by atoms with van der Waals surface area (Å²) in [5.74, 6) is -0.488. The van der Waals surface area contributed by atoms with Crippen molar-refractivity contribution in [3.05, 3.63) is 63.1 Å². The Morgan fingerprint density at radius 3 is 2.72 bits per heavy atom. The number of nitrogens with one attached hydrogen (secondary N) is 1. The van der Waals surface area contributed by atoms with E-state index in [2.05, 4.69) is 20.5 Å². The monoisotopic (exact) mass is 411 g/mol. The first-order chi connectivity index (χ1) is 14.0. The van der Waals surface area contributed by atoms with Crippen molar-refractivity contribution in [1.29, 1.82) is 5.26 Å². The Balaban J connectivity index is 1.92. The van der Waals surface area contributed by atoms with Crippen molar-refractivity contribution in [2.75, 3.05) is 5.32 Å². The van der Waals surface area contributed by atoms with Crippen LogP contribution in [-0.2, 0) is 24.2 Å². The molecule has 2 aromatic heterocycles. The largest absolute Gasteiger partial charge is 0.323 e. The van der Waals surface area contributed by atoms with E-state index in [-0.39, 0.29) is 12.1 Å². The molecule has 0 bridgehead atoms. The van der Waals surface area contributed by atoms with Crippen LogP contribution in [0.15, 0.2) is 35.6 Å². The van der Waals surface area contributed by atoms with E-state index in [1.54, 1.807) is 18.2 Å². The molecular weight excluding hydrogens is 394 g/mol. The highest BCUT2D eigenvalue weighted by molar-refractivity contribution is 6.31. The number of hydrogen-bond acceptors (Lipinski definition) is 6. The van der Waals surface area contributed by atoms with Crippen LogP contribution in [0.5, 0.6) is 0 Å². The van der Waals surface area contributed by atoms with Gasteiger partial charge in [0, 0.05) is 5.02 Å². The third kappa shape index (κ3) is 4.17. The van der Waals surface area contributed by atoms with Crippen molar-refractivity contribution in [2.45, 2.75) is 33.2 Å². The van der Waals surface area contributed by atoms with Crippen molar-refractivity contribution >= 4 is 23.2 Å². The Morgan fingerprint density at radius 2 is 2.10 bits per heavy atom. The number of rotatable bonds is 6.